The van der Waals surface area contributed by atoms with Crippen LogP contribution in [-0.4, -0.2) is 31.5 Å². The van der Waals surface area contributed by atoms with Gasteiger partial charge in [-0.3, -0.25) is 0 Å². The molecule has 1 saturated heterocycles. The molecule has 2 bridgehead atoms. The third-order valence-electron chi connectivity index (χ3n) is 5.93. The average Bonchev–Trinajstić information content (AvgIpc) is 2.53. The molecule has 0 amide bonds. The normalized spacial score (nSPS) is 41.8. The summed E-state index contributed by atoms with van der Waals surface area (Å²) in [5.74, 6) is 0.708. The molecule has 1 unspecified atom stereocenters. The molecule has 0 radical (unpaired) electrons. The fraction of sp³-hybridized carbons (Fsp3) is 0.667. The Labute approximate surface area is 130 Å². The van der Waals surface area contributed by atoms with Crippen molar-refractivity contribution in [1.82, 2.24) is 4.90 Å². The van der Waals surface area contributed by atoms with E-state index in [2.05, 4.69) is 0 Å². The maximum atomic E-state index is 7.95. The van der Waals surface area contributed by atoms with E-state index in [4.69, 9.17) is 13.0 Å². The monoisotopic (exact) mass is 277 g/mol. The Morgan fingerprint density at radius 3 is 3.25 bits per heavy atom. The van der Waals surface area contributed by atoms with Crippen molar-refractivity contribution in [3.05, 3.63) is 29.3 Å². The number of nitrogens with zero attached hydrogens (tertiary/aromatic N) is 1. The van der Waals surface area contributed by atoms with E-state index in [1.807, 2.05) is 12.1 Å². The predicted octanol–water partition coefficient (Wildman–Crippen LogP) is 3.38. The zero-order valence-corrected chi connectivity index (χ0v) is 11.7. The van der Waals surface area contributed by atoms with Crippen LogP contribution in [0.2, 0.25) is 0 Å². The third-order valence-corrected chi connectivity index (χ3v) is 5.93. The molecular weight excluding hydrogens is 246 g/mol. The third kappa shape index (κ3) is 1.60. The Kier molecular flexibility index (Phi) is 1.76. The quantitative estimate of drug-likeness (QED) is 0.780. The summed E-state index contributed by atoms with van der Waals surface area (Å²) in [6, 6.07) is 5.61. The molecule has 0 spiro atoms. The number of fused-ring (bicyclic) bond motifs is 1. The number of ether oxygens (including phenoxy) is 1. The molecule has 3 atom stereocenters. The first-order valence-electron chi connectivity index (χ1n) is 10.7. The fourth-order valence-electron chi connectivity index (χ4n) is 5.05. The minimum atomic E-state index is -2.46. The highest BCUT2D eigenvalue weighted by Crippen LogP contribution is 2.55. The van der Waals surface area contributed by atoms with E-state index in [9.17, 15) is 0 Å². The molecule has 3 aliphatic rings. The maximum absolute atomic E-state index is 7.95. The molecule has 1 heterocycles. The first-order valence-corrected chi connectivity index (χ1v) is 7.69. The lowest BCUT2D eigenvalue weighted by Gasteiger charge is -2.58. The van der Waals surface area contributed by atoms with Crippen LogP contribution in [0.3, 0.4) is 0 Å². The first-order chi connectivity index (χ1) is 12.1. The molecule has 4 rings (SSSR count). The minimum Gasteiger partial charge on any atom is -0.497 e. The molecule has 1 saturated carbocycles. The van der Waals surface area contributed by atoms with Crippen LogP contribution in [0.4, 0.5) is 0 Å². The lowest BCUT2D eigenvalue weighted by molar-refractivity contribution is 0.00274. The molecule has 2 fully saturated rings. The summed E-state index contributed by atoms with van der Waals surface area (Å²) in [6.45, 7) is -1.49. The number of methoxy groups -OCH3 is 1. The molecule has 2 nitrogen and oxygen atoms in total. The van der Waals surface area contributed by atoms with Crippen LogP contribution >= 0.6 is 0 Å². The van der Waals surface area contributed by atoms with Gasteiger partial charge in [-0.2, -0.15) is 0 Å². The number of piperidine rings is 1. The van der Waals surface area contributed by atoms with E-state index >= 15 is 0 Å². The van der Waals surface area contributed by atoms with E-state index < -0.39 is 14.0 Å². The summed E-state index contributed by atoms with van der Waals surface area (Å²) < 4.78 is 51.1. The Morgan fingerprint density at radius 1 is 1.35 bits per heavy atom. The van der Waals surface area contributed by atoms with Gasteiger partial charge in [0, 0.05) is 15.6 Å². The standard InChI is InChI=1S/C18H25NO/c1-19-10-9-18-8-4-3-5-15(18)17(19)11-13-6-7-14(20-2)12-16(13)18/h6-7,12,15,17H,3-5,8-11H2,1-2H3/t15-,17+,18?/m1/s1/i1D3,2D3. The Balaban J connectivity index is 1.78. The number of benzene rings is 1. The maximum Gasteiger partial charge on any atom is 0.119 e. The Morgan fingerprint density at radius 2 is 2.35 bits per heavy atom. The van der Waals surface area contributed by atoms with Crippen LogP contribution in [0.15, 0.2) is 18.2 Å². The second kappa shape index (κ2) is 4.49. The molecule has 0 aromatic heterocycles. The lowest BCUT2D eigenvalue weighted by atomic mass is 9.52. The Bertz CT molecular complexity index is 700. The topological polar surface area (TPSA) is 12.5 Å². The number of likely N-dealkylation sites (tertiary alicyclic amines) is 1. The van der Waals surface area contributed by atoms with Crippen LogP contribution in [-0.2, 0) is 11.8 Å². The molecule has 1 aromatic rings. The largest absolute Gasteiger partial charge is 0.497 e. The predicted molar refractivity (Wildman–Crippen MR) is 81.4 cm³/mol. The van der Waals surface area contributed by atoms with Crippen LogP contribution in [0.25, 0.3) is 0 Å². The van der Waals surface area contributed by atoms with E-state index in [1.165, 1.54) is 5.56 Å². The minimum absolute atomic E-state index is 0.0354. The van der Waals surface area contributed by atoms with Gasteiger partial charge in [0.05, 0.1) is 11.2 Å². The van der Waals surface area contributed by atoms with E-state index in [-0.39, 0.29) is 11.5 Å². The highest BCUT2D eigenvalue weighted by atomic mass is 16.5. The Hall–Kier alpha value is -1.02. The van der Waals surface area contributed by atoms with E-state index in [0.29, 0.717) is 24.6 Å². The SMILES string of the molecule is [2H]C([2H])([2H])Oc1ccc2c(c1)C13CCCC[C@@H]1[C@H](C2)N(C([2H])([2H])[2H])CC3. The molecule has 2 heteroatoms. The zero-order chi connectivity index (χ0) is 18.7. The molecular formula is C18H25NO. The molecule has 1 aromatic carbocycles. The summed E-state index contributed by atoms with van der Waals surface area (Å²) in [7, 11) is -2.46. The van der Waals surface area contributed by atoms with Crippen molar-refractivity contribution < 1.29 is 13.0 Å². The number of rotatable bonds is 1. The molecule has 20 heavy (non-hydrogen) atoms. The summed E-state index contributed by atoms with van der Waals surface area (Å²) in [5.41, 5.74) is 2.32. The van der Waals surface area contributed by atoms with Crippen molar-refractivity contribution in [2.45, 2.75) is 50.0 Å². The van der Waals surface area contributed by atoms with Gasteiger partial charge in [-0.15, -0.1) is 0 Å². The summed E-state index contributed by atoms with van der Waals surface area (Å²) in [4.78, 5) is 1.73. The van der Waals surface area contributed by atoms with Gasteiger partial charge in [0.1, 0.15) is 5.75 Å². The van der Waals surface area contributed by atoms with Crippen LogP contribution in [0, 0.1) is 5.92 Å². The van der Waals surface area contributed by atoms with Gasteiger partial charge in [0.25, 0.3) is 0 Å². The average molecular weight is 277 g/mol. The van der Waals surface area contributed by atoms with Crippen molar-refractivity contribution in [1.29, 1.82) is 0 Å². The summed E-state index contributed by atoms with van der Waals surface area (Å²) in [5, 5.41) is 0. The number of hydrogen-bond donors (Lipinski definition) is 0. The zero-order valence-electron chi connectivity index (χ0n) is 17.7. The van der Waals surface area contributed by atoms with Crippen LogP contribution in [0.1, 0.15) is 51.5 Å². The van der Waals surface area contributed by atoms with Gasteiger partial charge < -0.3 is 9.64 Å². The van der Waals surface area contributed by atoms with Crippen LogP contribution < -0.4 is 4.74 Å². The van der Waals surface area contributed by atoms with Gasteiger partial charge in [-0.05, 0) is 68.4 Å². The highest BCUT2D eigenvalue weighted by molar-refractivity contribution is 5.45. The van der Waals surface area contributed by atoms with Gasteiger partial charge in [-0.25, -0.2) is 0 Å². The molecule has 2 aliphatic carbocycles. The van der Waals surface area contributed by atoms with Crippen molar-refractivity contribution in [3.63, 3.8) is 0 Å². The van der Waals surface area contributed by atoms with Crippen molar-refractivity contribution in [3.8, 4) is 5.75 Å². The van der Waals surface area contributed by atoms with E-state index in [1.54, 1.807) is 11.0 Å². The summed E-state index contributed by atoms with van der Waals surface area (Å²) >= 11 is 0. The first kappa shape index (κ1) is 7.84. The number of likely N-dealkylation sites (N-methyl/N-ethyl adjacent to an activating group) is 1. The number of hydrogen-bond acceptors (Lipinski definition) is 2. The molecule has 0 N–H and O–H groups in total. The van der Waals surface area contributed by atoms with Gasteiger partial charge in [0.15, 0.2) is 0 Å². The van der Waals surface area contributed by atoms with E-state index in [0.717, 1.165) is 37.7 Å². The smallest absolute Gasteiger partial charge is 0.119 e. The van der Waals surface area contributed by atoms with Gasteiger partial charge in [0.2, 0.25) is 0 Å². The fourth-order valence-corrected chi connectivity index (χ4v) is 5.05. The second-order valence-corrected chi connectivity index (χ2v) is 6.64. The lowest BCUT2D eigenvalue weighted by Crippen LogP contribution is -2.59. The van der Waals surface area contributed by atoms with Gasteiger partial charge in [-0.1, -0.05) is 18.9 Å². The second-order valence-electron chi connectivity index (χ2n) is 6.64. The summed E-state index contributed by atoms with van der Waals surface area (Å²) in [6.07, 6.45) is 5.90. The van der Waals surface area contributed by atoms with Crippen LogP contribution in [0.5, 0.6) is 5.75 Å². The van der Waals surface area contributed by atoms with Crippen molar-refractivity contribution >= 4 is 0 Å². The van der Waals surface area contributed by atoms with Crippen molar-refractivity contribution in [2.75, 3.05) is 20.6 Å². The van der Waals surface area contributed by atoms with Crippen molar-refractivity contribution in [2.24, 2.45) is 5.92 Å². The van der Waals surface area contributed by atoms with Gasteiger partial charge >= 0.3 is 0 Å². The molecule has 1 aliphatic heterocycles. The molecule has 108 valence electrons. The highest BCUT2D eigenvalue weighted by Gasteiger charge is 2.53.